The number of benzene rings is 1. The van der Waals surface area contributed by atoms with Crippen LogP contribution in [0, 0.1) is 0 Å². The lowest BCUT2D eigenvalue weighted by Crippen LogP contribution is -2.31. The molecule has 0 spiro atoms. The summed E-state index contributed by atoms with van der Waals surface area (Å²) in [5.74, 6) is 0. The SMILES string of the molecule is CC1=CC(C)(C)N=c2cc3c(cc21)=NC(C)(C)C=C3C. The van der Waals surface area contributed by atoms with Crippen LogP contribution >= 0.6 is 0 Å². The number of fused-ring (bicyclic) bond motifs is 2. The van der Waals surface area contributed by atoms with Gasteiger partial charge in [0.15, 0.2) is 0 Å². The van der Waals surface area contributed by atoms with Gasteiger partial charge in [0.25, 0.3) is 0 Å². The summed E-state index contributed by atoms with van der Waals surface area (Å²) >= 11 is 0. The van der Waals surface area contributed by atoms with Gasteiger partial charge in [-0.25, -0.2) is 0 Å². The molecular formula is C18H22N2. The first-order valence-electron chi connectivity index (χ1n) is 7.20. The Morgan fingerprint density at radius 1 is 0.700 bits per heavy atom. The molecule has 2 aliphatic heterocycles. The van der Waals surface area contributed by atoms with Gasteiger partial charge < -0.3 is 0 Å². The molecule has 0 amide bonds. The molecule has 0 radical (unpaired) electrons. The molecule has 20 heavy (non-hydrogen) atoms. The van der Waals surface area contributed by atoms with Crippen LogP contribution in [-0.2, 0) is 0 Å². The Morgan fingerprint density at radius 3 is 1.40 bits per heavy atom. The van der Waals surface area contributed by atoms with Crippen LogP contribution in [0.2, 0.25) is 0 Å². The van der Waals surface area contributed by atoms with Crippen LogP contribution in [0.5, 0.6) is 0 Å². The predicted octanol–water partition coefficient (Wildman–Crippen LogP) is 3.32. The fraction of sp³-hybridized carbons (Fsp3) is 0.444. The van der Waals surface area contributed by atoms with Crippen LogP contribution in [0.3, 0.4) is 0 Å². The van der Waals surface area contributed by atoms with Gasteiger partial charge in [-0.3, -0.25) is 9.98 Å². The molecule has 0 aromatic heterocycles. The Bertz CT molecular complexity index is 707. The van der Waals surface area contributed by atoms with Crippen molar-refractivity contribution in [1.82, 2.24) is 0 Å². The maximum atomic E-state index is 4.86. The highest BCUT2D eigenvalue weighted by Crippen LogP contribution is 2.25. The Balaban J connectivity index is 2.36. The maximum Gasteiger partial charge on any atom is 0.0744 e. The van der Waals surface area contributed by atoms with E-state index in [-0.39, 0.29) is 11.1 Å². The fourth-order valence-electron chi connectivity index (χ4n) is 3.29. The first-order chi connectivity index (χ1) is 9.17. The van der Waals surface area contributed by atoms with E-state index >= 15 is 0 Å². The third-order valence-electron chi connectivity index (χ3n) is 3.92. The largest absolute Gasteiger partial charge is 0.274 e. The summed E-state index contributed by atoms with van der Waals surface area (Å²) in [5.41, 5.74) is 4.79. The summed E-state index contributed by atoms with van der Waals surface area (Å²) in [6.07, 6.45) is 4.47. The summed E-state index contributed by atoms with van der Waals surface area (Å²) in [7, 11) is 0. The van der Waals surface area contributed by atoms with Crippen LogP contribution in [0.4, 0.5) is 0 Å². The van der Waals surface area contributed by atoms with Gasteiger partial charge in [-0.05, 0) is 64.8 Å². The van der Waals surface area contributed by atoms with Crippen molar-refractivity contribution in [2.24, 2.45) is 9.98 Å². The Hall–Kier alpha value is -1.70. The standard InChI is InChI=1S/C18H22N2/c1-11-9-17(3,4)19-15-8-14-12(2)10-18(5,6)20-16(14)7-13(11)15/h7-10H,1-6H3. The molecule has 3 rings (SSSR count). The molecule has 0 unspecified atom stereocenters. The number of hydrogen-bond acceptors (Lipinski definition) is 2. The van der Waals surface area contributed by atoms with Crippen molar-refractivity contribution in [1.29, 1.82) is 0 Å². The molecule has 0 atom stereocenters. The van der Waals surface area contributed by atoms with Gasteiger partial charge in [0.2, 0.25) is 0 Å². The van der Waals surface area contributed by atoms with Crippen LogP contribution < -0.4 is 10.7 Å². The van der Waals surface area contributed by atoms with Gasteiger partial charge in [0.1, 0.15) is 0 Å². The van der Waals surface area contributed by atoms with E-state index in [0.717, 1.165) is 10.7 Å². The van der Waals surface area contributed by atoms with Crippen molar-refractivity contribution in [3.8, 4) is 0 Å². The highest BCUT2D eigenvalue weighted by Gasteiger charge is 2.22. The zero-order chi connectivity index (χ0) is 14.7. The van der Waals surface area contributed by atoms with Crippen molar-refractivity contribution in [3.05, 3.63) is 46.1 Å². The van der Waals surface area contributed by atoms with Crippen molar-refractivity contribution < 1.29 is 0 Å². The summed E-state index contributed by atoms with van der Waals surface area (Å²) in [6.45, 7) is 12.9. The summed E-state index contributed by atoms with van der Waals surface area (Å²) in [6, 6.07) is 4.40. The maximum absolute atomic E-state index is 4.86. The van der Waals surface area contributed by atoms with E-state index < -0.39 is 0 Å². The second-order valence-electron chi connectivity index (χ2n) is 7.07. The lowest BCUT2D eigenvalue weighted by Gasteiger charge is -2.25. The highest BCUT2D eigenvalue weighted by molar-refractivity contribution is 5.71. The number of allylic oxidation sites excluding steroid dienone is 2. The monoisotopic (exact) mass is 266 g/mol. The predicted molar refractivity (Wildman–Crippen MR) is 84.2 cm³/mol. The van der Waals surface area contributed by atoms with Gasteiger partial charge in [0.05, 0.1) is 21.8 Å². The van der Waals surface area contributed by atoms with E-state index in [0.29, 0.717) is 0 Å². The zero-order valence-corrected chi connectivity index (χ0v) is 13.2. The topological polar surface area (TPSA) is 24.7 Å². The number of rotatable bonds is 0. The molecule has 2 aliphatic rings. The molecule has 1 aromatic rings. The molecule has 2 heterocycles. The number of hydrogen-bond donors (Lipinski definition) is 0. The summed E-state index contributed by atoms with van der Waals surface area (Å²) < 4.78 is 0. The fourth-order valence-corrected chi connectivity index (χ4v) is 3.29. The smallest absolute Gasteiger partial charge is 0.0744 e. The highest BCUT2D eigenvalue weighted by atomic mass is 14.9. The van der Waals surface area contributed by atoms with Crippen molar-refractivity contribution in [3.63, 3.8) is 0 Å². The molecule has 0 aliphatic carbocycles. The van der Waals surface area contributed by atoms with Crippen LogP contribution in [-0.4, -0.2) is 11.1 Å². The minimum Gasteiger partial charge on any atom is -0.274 e. The molecule has 0 saturated heterocycles. The van der Waals surface area contributed by atoms with E-state index in [9.17, 15) is 0 Å². The van der Waals surface area contributed by atoms with Crippen molar-refractivity contribution >= 4 is 11.1 Å². The minimum atomic E-state index is -0.117. The molecule has 0 bridgehead atoms. The van der Waals surface area contributed by atoms with Gasteiger partial charge >= 0.3 is 0 Å². The lowest BCUT2D eigenvalue weighted by atomic mass is 9.89. The van der Waals surface area contributed by atoms with Gasteiger partial charge in [0, 0.05) is 11.1 Å². The molecular weight excluding hydrogens is 244 g/mol. The second kappa shape index (κ2) is 3.91. The summed E-state index contributed by atoms with van der Waals surface area (Å²) in [5, 5.41) is 2.19. The van der Waals surface area contributed by atoms with E-state index in [1.807, 2.05) is 0 Å². The van der Waals surface area contributed by atoms with Crippen molar-refractivity contribution in [2.45, 2.75) is 52.6 Å². The van der Waals surface area contributed by atoms with Crippen LogP contribution in [0.1, 0.15) is 52.7 Å². The van der Waals surface area contributed by atoms with Crippen molar-refractivity contribution in [2.75, 3.05) is 0 Å². The molecule has 0 saturated carbocycles. The average molecular weight is 266 g/mol. The Labute approximate surface area is 120 Å². The zero-order valence-electron chi connectivity index (χ0n) is 13.2. The van der Waals surface area contributed by atoms with E-state index in [2.05, 4.69) is 65.8 Å². The van der Waals surface area contributed by atoms with Gasteiger partial charge in [-0.2, -0.15) is 0 Å². The minimum absolute atomic E-state index is 0.117. The van der Waals surface area contributed by atoms with E-state index in [4.69, 9.17) is 9.98 Å². The second-order valence-corrected chi connectivity index (χ2v) is 7.07. The Morgan fingerprint density at radius 2 is 1.05 bits per heavy atom. The van der Waals surface area contributed by atoms with Gasteiger partial charge in [-0.1, -0.05) is 12.2 Å². The molecule has 2 nitrogen and oxygen atoms in total. The van der Waals surface area contributed by atoms with E-state index in [1.54, 1.807) is 0 Å². The molecule has 2 heteroatoms. The lowest BCUT2D eigenvalue weighted by molar-refractivity contribution is 0.623. The Kier molecular flexibility index (Phi) is 2.60. The third-order valence-corrected chi connectivity index (χ3v) is 3.92. The third kappa shape index (κ3) is 2.13. The molecule has 104 valence electrons. The van der Waals surface area contributed by atoms with Crippen LogP contribution in [0.15, 0.2) is 34.3 Å². The normalized spacial score (nSPS) is 21.7. The van der Waals surface area contributed by atoms with Crippen LogP contribution in [0.25, 0.3) is 11.1 Å². The molecule has 0 N–H and O–H groups in total. The average Bonchev–Trinajstić information content (AvgIpc) is 2.25. The first-order valence-corrected chi connectivity index (χ1v) is 7.20. The van der Waals surface area contributed by atoms with Gasteiger partial charge in [-0.15, -0.1) is 0 Å². The first kappa shape index (κ1) is 13.3. The number of nitrogens with zero attached hydrogens (tertiary/aromatic N) is 2. The molecule has 1 aromatic carbocycles. The quantitative estimate of drug-likeness (QED) is 0.688. The molecule has 0 fully saturated rings. The van der Waals surface area contributed by atoms with E-state index in [1.165, 1.54) is 22.3 Å². The summed E-state index contributed by atoms with van der Waals surface area (Å²) in [4.78, 5) is 9.72.